The average Bonchev–Trinajstić information content (AvgIpc) is 2.00. The van der Waals surface area contributed by atoms with Gasteiger partial charge in [0.2, 0.25) is 0 Å². The van der Waals surface area contributed by atoms with Crippen molar-refractivity contribution in [2.45, 2.75) is 50.0 Å². The molecular weight excluding hydrogens is 156 g/mol. The molecule has 0 aliphatic heterocycles. The smallest absolute Gasteiger partial charge is 0.0395 e. The van der Waals surface area contributed by atoms with Gasteiger partial charge in [-0.15, -0.1) is 0 Å². The highest BCUT2D eigenvalue weighted by Gasteiger charge is 1.83. The highest BCUT2D eigenvalue weighted by atomic mass is 13.9. The first-order valence-corrected chi connectivity index (χ1v) is 3.83. The second-order valence-electron chi connectivity index (χ2n) is 2.08. The molecule has 80 valence electrons. The molecular formula is C13H28. The lowest BCUT2D eigenvalue weighted by molar-refractivity contribution is 1.34. The number of hydrogen-bond acceptors (Lipinski definition) is 0. The van der Waals surface area contributed by atoms with Gasteiger partial charge < -0.3 is 0 Å². The van der Waals surface area contributed by atoms with Gasteiger partial charge in [-0.05, 0) is 25.0 Å². The van der Waals surface area contributed by atoms with Gasteiger partial charge in [0.15, 0.2) is 0 Å². The van der Waals surface area contributed by atoms with Crippen LogP contribution in [0.3, 0.4) is 0 Å². The van der Waals surface area contributed by atoms with Gasteiger partial charge in [-0.1, -0.05) is 60.4 Å². The molecule has 0 nitrogen and oxygen atoms in total. The van der Waals surface area contributed by atoms with Crippen LogP contribution < -0.4 is 0 Å². The monoisotopic (exact) mass is 184 g/mol. The van der Waals surface area contributed by atoms with Gasteiger partial charge in [0.05, 0.1) is 0 Å². The Hall–Kier alpha value is -0.780. The minimum Gasteiger partial charge on any atom is -0.0776 e. The van der Waals surface area contributed by atoms with Gasteiger partial charge in [-0.3, -0.25) is 0 Å². The second kappa shape index (κ2) is 13.8. The Morgan fingerprint density at radius 2 is 0.923 bits per heavy atom. The minimum absolute atomic E-state index is 0. The van der Waals surface area contributed by atoms with Gasteiger partial charge in [0, 0.05) is 0 Å². The molecule has 0 bridgehead atoms. The van der Waals surface area contributed by atoms with E-state index >= 15 is 0 Å². The summed E-state index contributed by atoms with van der Waals surface area (Å²) in [5.41, 5.74) is 2.74. The van der Waals surface area contributed by atoms with Gasteiger partial charge in [0.25, 0.3) is 0 Å². The SMILES string of the molecule is C.C.C.CC.Cc1ccccc1C. The van der Waals surface area contributed by atoms with Crippen LogP contribution in [-0.2, 0) is 0 Å². The van der Waals surface area contributed by atoms with Crippen LogP contribution in [0.1, 0.15) is 47.3 Å². The highest BCUT2D eigenvalue weighted by molar-refractivity contribution is 5.23. The van der Waals surface area contributed by atoms with E-state index in [1.54, 1.807) is 0 Å². The summed E-state index contributed by atoms with van der Waals surface area (Å²) in [6.07, 6.45) is 0. The van der Waals surface area contributed by atoms with Crippen LogP contribution >= 0.6 is 0 Å². The first-order chi connectivity index (χ1) is 4.80. The zero-order valence-corrected chi connectivity index (χ0v) is 7.31. The van der Waals surface area contributed by atoms with Gasteiger partial charge in [-0.2, -0.15) is 0 Å². The molecule has 1 rings (SSSR count). The summed E-state index contributed by atoms with van der Waals surface area (Å²) in [6, 6.07) is 8.36. The zero-order valence-electron chi connectivity index (χ0n) is 7.31. The zero-order chi connectivity index (χ0) is 7.98. The Morgan fingerprint density at radius 1 is 0.692 bits per heavy atom. The molecule has 0 fully saturated rings. The molecule has 0 amide bonds. The fourth-order valence-electron chi connectivity index (χ4n) is 0.663. The summed E-state index contributed by atoms with van der Waals surface area (Å²) in [4.78, 5) is 0. The first-order valence-electron chi connectivity index (χ1n) is 3.83. The van der Waals surface area contributed by atoms with Crippen molar-refractivity contribution < 1.29 is 0 Å². The number of hydrogen-bond donors (Lipinski definition) is 0. The third-order valence-electron chi connectivity index (χ3n) is 1.43. The molecule has 0 spiro atoms. The fraction of sp³-hybridized carbons (Fsp3) is 0.538. The Labute approximate surface area is 86.0 Å². The van der Waals surface area contributed by atoms with Crippen LogP contribution in [-0.4, -0.2) is 0 Å². The fourth-order valence-corrected chi connectivity index (χ4v) is 0.663. The average molecular weight is 184 g/mol. The molecule has 0 N–H and O–H groups in total. The molecule has 0 unspecified atom stereocenters. The third-order valence-corrected chi connectivity index (χ3v) is 1.43. The maximum Gasteiger partial charge on any atom is -0.0395 e. The minimum atomic E-state index is 0. The van der Waals surface area contributed by atoms with E-state index in [2.05, 4.69) is 38.1 Å². The van der Waals surface area contributed by atoms with E-state index in [-0.39, 0.29) is 22.3 Å². The van der Waals surface area contributed by atoms with E-state index in [0.717, 1.165) is 0 Å². The lowest BCUT2D eigenvalue weighted by atomic mass is 10.1. The molecule has 13 heavy (non-hydrogen) atoms. The van der Waals surface area contributed by atoms with Crippen molar-refractivity contribution in [2.24, 2.45) is 0 Å². The van der Waals surface area contributed by atoms with Crippen molar-refractivity contribution in [2.75, 3.05) is 0 Å². The Balaban J connectivity index is -0.0000000761. The van der Waals surface area contributed by atoms with Crippen molar-refractivity contribution >= 4 is 0 Å². The molecule has 0 aromatic heterocycles. The van der Waals surface area contributed by atoms with Crippen LogP contribution in [0.15, 0.2) is 24.3 Å². The van der Waals surface area contributed by atoms with Gasteiger partial charge in [0.1, 0.15) is 0 Å². The maximum atomic E-state index is 2.12. The van der Waals surface area contributed by atoms with Crippen LogP contribution in [0.2, 0.25) is 0 Å². The summed E-state index contributed by atoms with van der Waals surface area (Å²) >= 11 is 0. The molecule has 0 heteroatoms. The van der Waals surface area contributed by atoms with Crippen molar-refractivity contribution in [1.82, 2.24) is 0 Å². The van der Waals surface area contributed by atoms with E-state index < -0.39 is 0 Å². The first kappa shape index (κ1) is 22.8. The molecule has 0 aliphatic rings. The molecule has 0 saturated heterocycles. The molecule has 0 atom stereocenters. The second-order valence-corrected chi connectivity index (χ2v) is 2.08. The van der Waals surface area contributed by atoms with Gasteiger partial charge >= 0.3 is 0 Å². The maximum absolute atomic E-state index is 2.12. The topological polar surface area (TPSA) is 0 Å². The predicted molar refractivity (Wildman–Crippen MR) is 67.5 cm³/mol. The summed E-state index contributed by atoms with van der Waals surface area (Å²) in [5.74, 6) is 0. The number of aryl methyl sites for hydroxylation is 2. The lowest BCUT2D eigenvalue weighted by Gasteiger charge is -1.93. The van der Waals surface area contributed by atoms with Crippen LogP contribution in [0, 0.1) is 13.8 Å². The van der Waals surface area contributed by atoms with Crippen molar-refractivity contribution in [3.63, 3.8) is 0 Å². The van der Waals surface area contributed by atoms with Crippen molar-refractivity contribution in [3.8, 4) is 0 Å². The van der Waals surface area contributed by atoms with E-state index in [1.165, 1.54) is 11.1 Å². The molecule has 0 saturated carbocycles. The lowest BCUT2D eigenvalue weighted by Crippen LogP contribution is -1.74. The molecule has 0 radical (unpaired) electrons. The molecule has 0 heterocycles. The number of rotatable bonds is 0. The highest BCUT2D eigenvalue weighted by Crippen LogP contribution is 2.02. The van der Waals surface area contributed by atoms with Gasteiger partial charge in [-0.25, -0.2) is 0 Å². The molecule has 0 aliphatic carbocycles. The van der Waals surface area contributed by atoms with Crippen LogP contribution in [0.5, 0.6) is 0 Å². The van der Waals surface area contributed by atoms with Crippen molar-refractivity contribution in [3.05, 3.63) is 35.4 Å². The Kier molecular flexibility index (Phi) is 24.1. The van der Waals surface area contributed by atoms with Crippen molar-refractivity contribution in [1.29, 1.82) is 0 Å². The standard InChI is InChI=1S/C8H10.C2H6.3CH4/c1-7-5-3-4-6-8(7)2;1-2;;;/h3-6H,1-2H3;1-2H3;3*1H4. The van der Waals surface area contributed by atoms with E-state index in [1.807, 2.05) is 13.8 Å². The third kappa shape index (κ3) is 9.13. The summed E-state index contributed by atoms with van der Waals surface area (Å²) in [6.45, 7) is 8.24. The van der Waals surface area contributed by atoms with Crippen LogP contribution in [0.4, 0.5) is 0 Å². The van der Waals surface area contributed by atoms with E-state index in [9.17, 15) is 0 Å². The van der Waals surface area contributed by atoms with E-state index in [0.29, 0.717) is 0 Å². The van der Waals surface area contributed by atoms with Crippen LogP contribution in [0.25, 0.3) is 0 Å². The Bertz CT molecular complexity index is 156. The molecule has 1 aromatic carbocycles. The number of benzene rings is 1. The predicted octanol–water partition coefficient (Wildman–Crippen LogP) is 5.24. The summed E-state index contributed by atoms with van der Waals surface area (Å²) in [7, 11) is 0. The largest absolute Gasteiger partial charge is 0.0776 e. The van der Waals surface area contributed by atoms with E-state index in [4.69, 9.17) is 0 Å². The summed E-state index contributed by atoms with van der Waals surface area (Å²) in [5, 5.41) is 0. The Morgan fingerprint density at radius 3 is 1.08 bits per heavy atom. The normalized spacial score (nSPS) is 6.15. The molecule has 1 aromatic rings. The quantitative estimate of drug-likeness (QED) is 0.517. The summed E-state index contributed by atoms with van der Waals surface area (Å²) < 4.78 is 0.